The first-order valence-corrected chi connectivity index (χ1v) is 4.13. The Morgan fingerprint density at radius 3 is 2.64 bits per heavy atom. The second-order valence-corrected chi connectivity index (χ2v) is 2.88. The van der Waals surface area contributed by atoms with Crippen molar-refractivity contribution < 1.29 is 4.79 Å². The summed E-state index contributed by atoms with van der Waals surface area (Å²) < 4.78 is 0. The van der Waals surface area contributed by atoms with E-state index in [1.807, 2.05) is 35.7 Å². The zero-order valence-electron chi connectivity index (χ0n) is 5.94. The Bertz CT molecular complexity index is 253. The van der Waals surface area contributed by atoms with E-state index < -0.39 is 0 Å². The maximum atomic E-state index is 10.4. The third-order valence-electron chi connectivity index (χ3n) is 1.10. The average molecular weight is 164 g/mol. The second kappa shape index (κ2) is 4.63. The van der Waals surface area contributed by atoms with Crippen LogP contribution in [0.25, 0.3) is 0 Å². The largest absolute Gasteiger partial charge is 0.297 e. The molecule has 1 rings (SSSR count). The molecule has 1 aromatic rings. The molecule has 0 spiro atoms. The van der Waals surface area contributed by atoms with Gasteiger partial charge in [0.2, 0.25) is 0 Å². The molecule has 0 aliphatic carbocycles. The van der Waals surface area contributed by atoms with E-state index in [-0.39, 0.29) is 0 Å². The lowest BCUT2D eigenvalue weighted by molar-refractivity contribution is 0.112. The van der Waals surface area contributed by atoms with Gasteiger partial charge in [0.1, 0.15) is 0 Å². The molecule has 1 heterocycles. The number of hydrogen-bond donors (Lipinski definition) is 0. The van der Waals surface area contributed by atoms with Gasteiger partial charge in [0.05, 0.1) is 4.88 Å². The number of rotatable bonds is 1. The summed E-state index contributed by atoms with van der Waals surface area (Å²) in [6, 6.07) is 11.3. The van der Waals surface area contributed by atoms with Gasteiger partial charge in [-0.1, -0.05) is 30.3 Å². The van der Waals surface area contributed by atoms with Gasteiger partial charge in [0.15, 0.2) is 6.29 Å². The summed E-state index contributed by atoms with van der Waals surface area (Å²) in [5.41, 5.74) is 0. The lowest BCUT2D eigenvalue weighted by Crippen LogP contribution is -1.65. The first kappa shape index (κ1) is 7.95. The Morgan fingerprint density at radius 2 is 1.82 bits per heavy atom. The van der Waals surface area contributed by atoms with Crippen molar-refractivity contribution in [1.29, 1.82) is 0 Å². The van der Waals surface area contributed by atoms with Crippen LogP contribution >= 0.6 is 11.3 Å². The van der Waals surface area contributed by atoms with E-state index in [1.165, 1.54) is 11.3 Å². The van der Waals surface area contributed by atoms with Crippen LogP contribution in [0.3, 0.4) is 0 Å². The molecule has 0 unspecified atom stereocenters. The van der Waals surface area contributed by atoms with Crippen molar-refractivity contribution in [2.45, 2.75) is 0 Å². The minimum atomic E-state index is 0.723. The molecule has 0 saturated carbocycles. The average Bonchev–Trinajstić information content (AvgIpc) is 2.16. The fourth-order valence-corrected chi connectivity index (χ4v) is 1.15. The van der Waals surface area contributed by atoms with Gasteiger partial charge >= 0.3 is 0 Å². The summed E-state index contributed by atoms with van der Waals surface area (Å²) in [4.78, 5) is 11.1. The van der Waals surface area contributed by atoms with Crippen LogP contribution < -0.4 is 0 Å². The molecule has 11 heavy (non-hydrogen) atoms. The summed E-state index contributed by atoms with van der Waals surface area (Å²) in [6.45, 7) is 0. The monoisotopic (exact) mass is 164 g/mol. The molecule has 1 nitrogen and oxygen atoms in total. The Balaban J connectivity index is 3.16. The molecule has 1 aromatic heterocycles. The van der Waals surface area contributed by atoms with Gasteiger partial charge in [-0.3, -0.25) is 4.79 Å². The zero-order valence-corrected chi connectivity index (χ0v) is 6.75. The number of carbonyl (C=O) groups is 1. The van der Waals surface area contributed by atoms with E-state index >= 15 is 0 Å². The molecule has 0 N–H and O–H groups in total. The highest BCUT2D eigenvalue weighted by atomic mass is 32.1. The summed E-state index contributed by atoms with van der Waals surface area (Å²) in [6.07, 6.45) is 0.852. The van der Waals surface area contributed by atoms with Crippen molar-refractivity contribution in [1.82, 2.24) is 0 Å². The van der Waals surface area contributed by atoms with Gasteiger partial charge in [-0.2, -0.15) is 0 Å². The standard InChI is InChI=1S/C9H8OS/c10-8-9-6-4-2-1-3-5-7-11-9/h1-8H. The van der Waals surface area contributed by atoms with Crippen LogP contribution in [0.2, 0.25) is 0 Å². The topological polar surface area (TPSA) is 17.1 Å². The van der Waals surface area contributed by atoms with Crippen molar-refractivity contribution in [2.24, 2.45) is 0 Å². The van der Waals surface area contributed by atoms with Gasteiger partial charge in [0, 0.05) is 0 Å². The molecular formula is C9H8OS. The van der Waals surface area contributed by atoms with Gasteiger partial charge < -0.3 is 0 Å². The van der Waals surface area contributed by atoms with E-state index in [9.17, 15) is 4.79 Å². The molecule has 0 aliphatic heterocycles. The Morgan fingerprint density at radius 1 is 1.09 bits per heavy atom. The molecule has 0 aliphatic rings. The van der Waals surface area contributed by atoms with Crippen molar-refractivity contribution in [3.63, 3.8) is 0 Å². The summed E-state index contributed by atoms with van der Waals surface area (Å²) in [5, 5.41) is 1.88. The van der Waals surface area contributed by atoms with E-state index in [0.29, 0.717) is 0 Å². The predicted molar refractivity (Wildman–Crippen MR) is 47.3 cm³/mol. The number of hydrogen-bond acceptors (Lipinski definition) is 2. The lowest BCUT2D eigenvalue weighted by atomic mass is 10.4. The van der Waals surface area contributed by atoms with Crippen LogP contribution in [0.1, 0.15) is 9.67 Å². The minimum absolute atomic E-state index is 0.723. The quantitative estimate of drug-likeness (QED) is 0.583. The zero-order chi connectivity index (χ0) is 7.94. The third kappa shape index (κ3) is 2.96. The highest BCUT2D eigenvalue weighted by molar-refractivity contribution is 7.11. The van der Waals surface area contributed by atoms with Crippen LogP contribution in [0.5, 0.6) is 0 Å². The smallest absolute Gasteiger partial charge is 0.159 e. The maximum absolute atomic E-state index is 10.4. The fraction of sp³-hybridized carbons (Fsp3) is 0. The molecule has 0 saturated heterocycles. The number of aldehydes is 1. The summed E-state index contributed by atoms with van der Waals surface area (Å²) in [7, 11) is 0. The van der Waals surface area contributed by atoms with Crippen LogP contribution in [-0.4, -0.2) is 6.29 Å². The first-order chi connectivity index (χ1) is 5.43. The third-order valence-corrected chi connectivity index (χ3v) is 1.90. The van der Waals surface area contributed by atoms with Gasteiger partial charge in [-0.15, -0.1) is 11.3 Å². The van der Waals surface area contributed by atoms with Gasteiger partial charge in [0.25, 0.3) is 0 Å². The highest BCUT2D eigenvalue weighted by Crippen LogP contribution is 1.98. The summed E-state index contributed by atoms with van der Waals surface area (Å²) >= 11 is 1.42. The molecule has 56 valence electrons. The van der Waals surface area contributed by atoms with Crippen molar-refractivity contribution in [2.75, 3.05) is 0 Å². The second-order valence-electron chi connectivity index (χ2n) is 1.90. The van der Waals surface area contributed by atoms with E-state index in [2.05, 4.69) is 0 Å². The molecule has 0 fully saturated rings. The van der Waals surface area contributed by atoms with Crippen LogP contribution in [0, 0.1) is 0 Å². The lowest BCUT2D eigenvalue weighted by Gasteiger charge is -1.75. The maximum Gasteiger partial charge on any atom is 0.159 e. The van der Waals surface area contributed by atoms with Crippen molar-refractivity contribution in [3.8, 4) is 0 Å². The summed E-state index contributed by atoms with van der Waals surface area (Å²) in [5.74, 6) is 0. The van der Waals surface area contributed by atoms with E-state index in [0.717, 1.165) is 11.2 Å². The van der Waals surface area contributed by atoms with E-state index in [1.54, 1.807) is 6.07 Å². The Hall–Kier alpha value is -1.15. The van der Waals surface area contributed by atoms with Crippen molar-refractivity contribution >= 4 is 17.6 Å². The normalized spacial score (nSPS) is 8.36. The Kier molecular flexibility index (Phi) is 3.35. The van der Waals surface area contributed by atoms with Crippen LogP contribution in [0.4, 0.5) is 0 Å². The first-order valence-electron chi connectivity index (χ1n) is 3.25. The molecule has 0 bridgehead atoms. The predicted octanol–water partition coefficient (Wildman–Crippen LogP) is 2.69. The molecule has 0 atom stereocenters. The van der Waals surface area contributed by atoms with Crippen LogP contribution in [0.15, 0.2) is 41.8 Å². The van der Waals surface area contributed by atoms with Gasteiger partial charge in [-0.05, 0) is 11.4 Å². The van der Waals surface area contributed by atoms with Crippen LogP contribution in [-0.2, 0) is 0 Å². The highest BCUT2D eigenvalue weighted by Gasteiger charge is 1.79. The number of carbonyl (C=O) groups excluding carboxylic acids is 1. The molecule has 0 amide bonds. The molecular weight excluding hydrogens is 156 g/mol. The molecule has 0 aromatic carbocycles. The fourth-order valence-electron chi connectivity index (χ4n) is 0.612. The minimum Gasteiger partial charge on any atom is -0.297 e. The van der Waals surface area contributed by atoms with Gasteiger partial charge in [-0.25, -0.2) is 0 Å². The molecule has 0 radical (unpaired) electrons. The van der Waals surface area contributed by atoms with Crippen molar-refractivity contribution in [3.05, 3.63) is 46.7 Å². The van der Waals surface area contributed by atoms with E-state index in [4.69, 9.17) is 0 Å². The Labute approximate surface area is 69.6 Å². The molecule has 2 heteroatoms. The SMILES string of the molecule is O=Cc1cccccccs1.